The lowest BCUT2D eigenvalue weighted by Gasteiger charge is -2.28. The normalized spacial score (nSPS) is 20.4. The fourth-order valence-corrected chi connectivity index (χ4v) is 5.46. The van der Waals surface area contributed by atoms with E-state index in [0.29, 0.717) is 48.7 Å². The van der Waals surface area contributed by atoms with E-state index in [2.05, 4.69) is 17.0 Å². The Bertz CT molecular complexity index is 1190. The van der Waals surface area contributed by atoms with Crippen LogP contribution in [0.15, 0.2) is 58.4 Å². The van der Waals surface area contributed by atoms with E-state index in [0.717, 1.165) is 43.2 Å². The van der Waals surface area contributed by atoms with Gasteiger partial charge in [-0.05, 0) is 66.7 Å². The van der Waals surface area contributed by atoms with Crippen molar-refractivity contribution >= 4 is 46.2 Å². The zero-order chi connectivity index (χ0) is 26.3. The van der Waals surface area contributed by atoms with Crippen LogP contribution in [0, 0.1) is 0 Å². The fourth-order valence-electron chi connectivity index (χ4n) is 4.40. The zero-order valence-corrected chi connectivity index (χ0v) is 22.3. The highest BCUT2D eigenvalue weighted by Gasteiger charge is 2.32. The van der Waals surface area contributed by atoms with E-state index in [9.17, 15) is 9.59 Å². The number of hydrogen-bond acceptors (Lipinski definition) is 8. The van der Waals surface area contributed by atoms with Crippen LogP contribution in [0.25, 0.3) is 6.08 Å². The number of morpholine rings is 2. The molecule has 0 N–H and O–H groups in total. The summed E-state index contributed by atoms with van der Waals surface area (Å²) in [6.45, 7) is 8.06. The van der Waals surface area contributed by atoms with Gasteiger partial charge < -0.3 is 24.0 Å². The summed E-state index contributed by atoms with van der Waals surface area (Å²) in [5.74, 6) is 0.504. The van der Waals surface area contributed by atoms with E-state index in [4.69, 9.17) is 19.2 Å². The van der Waals surface area contributed by atoms with Crippen LogP contribution in [0.5, 0.6) is 5.75 Å². The van der Waals surface area contributed by atoms with Crippen molar-refractivity contribution in [1.82, 2.24) is 9.80 Å². The number of amidine groups is 1. The molecule has 9 nitrogen and oxygen atoms in total. The molecule has 2 aromatic rings. The largest absolute Gasteiger partial charge is 0.484 e. The van der Waals surface area contributed by atoms with Crippen LogP contribution in [-0.2, 0) is 19.1 Å². The van der Waals surface area contributed by atoms with Crippen LogP contribution >= 0.6 is 11.8 Å². The molecule has 0 aliphatic carbocycles. The van der Waals surface area contributed by atoms with E-state index >= 15 is 0 Å². The molecule has 3 aliphatic heterocycles. The van der Waals surface area contributed by atoms with Gasteiger partial charge in [0, 0.05) is 38.4 Å². The lowest BCUT2D eigenvalue weighted by molar-refractivity contribution is -0.137. The van der Waals surface area contributed by atoms with Crippen molar-refractivity contribution < 1.29 is 23.8 Å². The maximum Gasteiger partial charge on any atom is 0.266 e. The summed E-state index contributed by atoms with van der Waals surface area (Å²) in [7, 11) is 0. The molecule has 0 unspecified atom stereocenters. The molecule has 10 heteroatoms. The van der Waals surface area contributed by atoms with Crippen LogP contribution in [0.3, 0.4) is 0 Å². The van der Waals surface area contributed by atoms with Crippen molar-refractivity contribution in [2.24, 2.45) is 4.99 Å². The number of nitrogens with zero attached hydrogens (tertiary/aromatic N) is 4. The quantitative estimate of drug-likeness (QED) is 0.502. The summed E-state index contributed by atoms with van der Waals surface area (Å²) in [5, 5.41) is 0.671. The highest BCUT2D eigenvalue weighted by atomic mass is 32.2. The second-order valence-corrected chi connectivity index (χ2v) is 10.0. The van der Waals surface area contributed by atoms with Crippen LogP contribution in [0.1, 0.15) is 12.5 Å². The summed E-state index contributed by atoms with van der Waals surface area (Å²) in [6.07, 6.45) is 1.86. The monoisotopic (exact) mass is 536 g/mol. The number of aliphatic imine (C=N–C) groups is 1. The fraction of sp³-hybridized carbons (Fsp3) is 0.393. The lowest BCUT2D eigenvalue weighted by atomic mass is 10.2. The predicted molar refractivity (Wildman–Crippen MR) is 149 cm³/mol. The number of ether oxygens (including phenoxy) is 3. The smallest absolute Gasteiger partial charge is 0.266 e. The van der Waals surface area contributed by atoms with Gasteiger partial charge in [0.15, 0.2) is 11.8 Å². The zero-order valence-electron chi connectivity index (χ0n) is 21.5. The maximum atomic E-state index is 13.1. The average molecular weight is 537 g/mol. The number of thioether (sulfide) groups is 1. The minimum Gasteiger partial charge on any atom is -0.484 e. The average Bonchev–Trinajstić information content (AvgIpc) is 3.26. The van der Waals surface area contributed by atoms with Crippen LogP contribution in [-0.4, -0.2) is 92.5 Å². The number of rotatable bonds is 7. The summed E-state index contributed by atoms with van der Waals surface area (Å²) >= 11 is 1.38. The first-order chi connectivity index (χ1) is 18.6. The van der Waals surface area contributed by atoms with Crippen molar-refractivity contribution in [3.05, 3.63) is 59.0 Å². The Hall–Kier alpha value is -3.34. The Morgan fingerprint density at radius 3 is 2.29 bits per heavy atom. The number of anilines is 1. The van der Waals surface area contributed by atoms with Crippen molar-refractivity contribution in [2.45, 2.75) is 6.92 Å². The van der Waals surface area contributed by atoms with Gasteiger partial charge in [0.05, 0.1) is 37.0 Å². The van der Waals surface area contributed by atoms with Crippen molar-refractivity contribution in [1.29, 1.82) is 0 Å². The highest BCUT2D eigenvalue weighted by Crippen LogP contribution is 2.34. The number of amides is 2. The Morgan fingerprint density at radius 1 is 0.974 bits per heavy atom. The van der Waals surface area contributed by atoms with Crippen molar-refractivity contribution in [2.75, 3.05) is 70.7 Å². The van der Waals surface area contributed by atoms with Crippen LogP contribution in [0.4, 0.5) is 11.4 Å². The number of carbonyl (C=O) groups is 2. The molecule has 0 atom stereocenters. The van der Waals surface area contributed by atoms with E-state index in [-0.39, 0.29) is 18.4 Å². The van der Waals surface area contributed by atoms with E-state index in [1.54, 1.807) is 9.80 Å². The van der Waals surface area contributed by atoms with Gasteiger partial charge in [0.25, 0.3) is 11.8 Å². The van der Waals surface area contributed by atoms with Gasteiger partial charge in [-0.1, -0.05) is 12.1 Å². The molecule has 0 aromatic heterocycles. The topological polar surface area (TPSA) is 83.9 Å². The molecule has 0 bridgehead atoms. The molecule has 0 saturated carbocycles. The third kappa shape index (κ3) is 6.38. The maximum absolute atomic E-state index is 13.1. The Morgan fingerprint density at radius 2 is 1.63 bits per heavy atom. The van der Waals surface area contributed by atoms with Gasteiger partial charge in [-0.2, -0.15) is 0 Å². The molecular formula is C28H32N4O5S. The van der Waals surface area contributed by atoms with Gasteiger partial charge in [0.2, 0.25) is 0 Å². The highest BCUT2D eigenvalue weighted by molar-refractivity contribution is 8.18. The molecule has 0 spiro atoms. The summed E-state index contributed by atoms with van der Waals surface area (Å²) in [4.78, 5) is 36.5. The first-order valence-electron chi connectivity index (χ1n) is 12.9. The number of hydrogen-bond donors (Lipinski definition) is 0. The molecule has 200 valence electrons. The minimum atomic E-state index is -0.0578. The Kier molecular flexibility index (Phi) is 8.62. The molecule has 3 aliphatic rings. The Labute approximate surface area is 227 Å². The van der Waals surface area contributed by atoms with Gasteiger partial charge in [-0.15, -0.1) is 0 Å². The second-order valence-electron chi connectivity index (χ2n) is 9.02. The molecule has 2 aromatic carbocycles. The van der Waals surface area contributed by atoms with Crippen molar-refractivity contribution in [3.8, 4) is 5.75 Å². The second kappa shape index (κ2) is 12.5. The van der Waals surface area contributed by atoms with E-state index in [1.165, 1.54) is 11.8 Å². The van der Waals surface area contributed by atoms with Gasteiger partial charge >= 0.3 is 0 Å². The first-order valence-corrected chi connectivity index (χ1v) is 13.7. The SMILES string of the molecule is CCN1C(=O)/C(=C/c2ccc(OCC(=O)N3CCOCC3)cc2)SC1=Nc1ccc(N2CCOCC2)cc1. The molecule has 3 saturated heterocycles. The molecule has 38 heavy (non-hydrogen) atoms. The lowest BCUT2D eigenvalue weighted by Crippen LogP contribution is -2.42. The van der Waals surface area contributed by atoms with Gasteiger partial charge in [0.1, 0.15) is 5.75 Å². The van der Waals surface area contributed by atoms with Gasteiger partial charge in [-0.3, -0.25) is 14.5 Å². The van der Waals surface area contributed by atoms with Crippen molar-refractivity contribution in [3.63, 3.8) is 0 Å². The minimum absolute atomic E-state index is 0.00646. The Balaban J connectivity index is 1.22. The number of benzene rings is 2. The van der Waals surface area contributed by atoms with E-state index in [1.807, 2.05) is 49.4 Å². The van der Waals surface area contributed by atoms with Crippen LogP contribution in [0.2, 0.25) is 0 Å². The summed E-state index contributed by atoms with van der Waals surface area (Å²) < 4.78 is 16.4. The molecule has 5 rings (SSSR count). The molecular weight excluding hydrogens is 504 g/mol. The number of carbonyl (C=O) groups excluding carboxylic acids is 2. The molecule has 0 radical (unpaired) electrons. The third-order valence-corrected chi connectivity index (χ3v) is 7.57. The van der Waals surface area contributed by atoms with Gasteiger partial charge in [-0.25, -0.2) is 4.99 Å². The number of likely N-dealkylation sites (N-methyl/N-ethyl adjacent to an activating group) is 1. The summed E-state index contributed by atoms with van der Waals surface area (Å²) in [6, 6.07) is 15.5. The first kappa shape index (κ1) is 26.3. The molecule has 2 amide bonds. The standard InChI is InChI=1S/C28H32N4O5S/c1-2-32-27(34)25(38-28(32)29-22-5-7-23(8-6-22)30-11-15-35-16-12-30)19-21-3-9-24(10-4-21)37-20-26(33)31-13-17-36-18-14-31/h3-10,19H,2,11-18,20H2,1H3/b25-19-,29-28?. The van der Waals surface area contributed by atoms with Crippen LogP contribution < -0.4 is 9.64 Å². The molecule has 3 fully saturated rings. The third-order valence-electron chi connectivity index (χ3n) is 6.56. The molecule has 3 heterocycles. The van der Waals surface area contributed by atoms with E-state index < -0.39 is 0 Å². The predicted octanol–water partition coefficient (Wildman–Crippen LogP) is 3.38. The summed E-state index contributed by atoms with van der Waals surface area (Å²) in [5.41, 5.74) is 2.84.